The fraction of sp³-hybridized carbons (Fsp3) is 0.333. The molecule has 0 amide bonds. The van der Waals surface area contributed by atoms with Crippen LogP contribution < -0.4 is 4.74 Å². The van der Waals surface area contributed by atoms with Gasteiger partial charge in [-0.15, -0.1) is 10.2 Å². The summed E-state index contributed by atoms with van der Waals surface area (Å²) in [5.41, 5.74) is 2.87. The lowest BCUT2D eigenvalue weighted by Crippen LogP contribution is -2.02. The number of hydrogen-bond acceptors (Lipinski definition) is 6. The minimum absolute atomic E-state index is 0.178. The first-order valence-electron chi connectivity index (χ1n) is 7.89. The minimum Gasteiger partial charge on any atom is -0.497 e. The average molecular weight is 351 g/mol. The number of hydrogen-bond donors (Lipinski definition) is 0. The Bertz CT molecular complexity index is 999. The molecule has 2 heterocycles. The van der Waals surface area contributed by atoms with Crippen LogP contribution in [0.2, 0.25) is 0 Å². The number of thioether (sulfide) groups is 1. The Labute approximate surface area is 150 Å². The average Bonchev–Trinajstić information content (AvgIpc) is 3.04. The molecule has 2 aromatic heterocycles. The molecule has 0 aliphatic heterocycles. The summed E-state index contributed by atoms with van der Waals surface area (Å²) in [6.45, 7) is 2.05. The van der Waals surface area contributed by atoms with Gasteiger partial charge in [0.05, 0.1) is 30.7 Å². The van der Waals surface area contributed by atoms with Crippen LogP contribution in [0.3, 0.4) is 0 Å². The van der Waals surface area contributed by atoms with Crippen molar-refractivity contribution in [2.45, 2.75) is 24.9 Å². The lowest BCUT2D eigenvalue weighted by Gasteiger charge is -2.10. The molecule has 0 N–H and O–H groups in total. The number of rotatable bonds is 6. The highest BCUT2D eigenvalue weighted by Gasteiger charge is 2.15. The van der Waals surface area contributed by atoms with Crippen LogP contribution in [0.5, 0.6) is 5.75 Å². The third kappa shape index (κ3) is 3.38. The van der Waals surface area contributed by atoms with Crippen molar-refractivity contribution in [1.29, 1.82) is 10.5 Å². The van der Waals surface area contributed by atoms with Crippen LogP contribution in [-0.4, -0.2) is 27.5 Å². The van der Waals surface area contributed by atoms with Gasteiger partial charge in [-0.3, -0.25) is 4.40 Å². The molecule has 0 fully saturated rings. The van der Waals surface area contributed by atoms with Gasteiger partial charge in [-0.05, 0) is 37.1 Å². The van der Waals surface area contributed by atoms with Crippen molar-refractivity contribution in [2.75, 3.05) is 12.9 Å². The molecule has 0 radical (unpaired) electrons. The van der Waals surface area contributed by atoms with Gasteiger partial charge in [-0.1, -0.05) is 11.8 Å². The van der Waals surface area contributed by atoms with E-state index in [1.165, 1.54) is 11.8 Å². The van der Waals surface area contributed by atoms with Gasteiger partial charge in [-0.25, -0.2) is 0 Å². The summed E-state index contributed by atoms with van der Waals surface area (Å²) in [7, 11) is 1.64. The van der Waals surface area contributed by atoms with Gasteiger partial charge in [0.25, 0.3) is 0 Å². The lowest BCUT2D eigenvalue weighted by molar-refractivity contribution is 0.415. The molecule has 7 heteroatoms. The van der Waals surface area contributed by atoms with Crippen LogP contribution in [0.4, 0.5) is 0 Å². The molecule has 6 nitrogen and oxygen atoms in total. The van der Waals surface area contributed by atoms with Gasteiger partial charge in [0.1, 0.15) is 5.75 Å². The smallest absolute Gasteiger partial charge is 0.196 e. The molecule has 0 bridgehead atoms. The number of aromatic nitrogens is 3. The van der Waals surface area contributed by atoms with Gasteiger partial charge in [0.15, 0.2) is 10.8 Å². The highest BCUT2D eigenvalue weighted by atomic mass is 32.2. The predicted molar refractivity (Wildman–Crippen MR) is 96.5 cm³/mol. The SMILES string of the molecule is COc1ccc2c(C)cc3nnc(SC[C@H](C#N)CCC#N)n3c2c1. The lowest BCUT2D eigenvalue weighted by atomic mass is 10.1. The van der Waals surface area contributed by atoms with Crippen LogP contribution in [0.1, 0.15) is 18.4 Å². The van der Waals surface area contributed by atoms with E-state index in [1.54, 1.807) is 7.11 Å². The van der Waals surface area contributed by atoms with Gasteiger partial charge >= 0.3 is 0 Å². The number of pyridine rings is 1. The Balaban J connectivity index is 2.01. The number of aryl methyl sites for hydroxylation is 1. The zero-order valence-corrected chi connectivity index (χ0v) is 14.9. The number of fused-ring (bicyclic) bond motifs is 3. The van der Waals surface area contributed by atoms with Crippen molar-refractivity contribution in [2.24, 2.45) is 5.92 Å². The third-order valence-corrected chi connectivity index (χ3v) is 5.17. The predicted octanol–water partition coefficient (Wildman–Crippen LogP) is 3.74. The number of benzene rings is 1. The molecular weight excluding hydrogens is 334 g/mol. The van der Waals surface area contributed by atoms with Gasteiger partial charge < -0.3 is 4.74 Å². The highest BCUT2D eigenvalue weighted by Crippen LogP contribution is 2.29. The van der Waals surface area contributed by atoms with E-state index in [-0.39, 0.29) is 5.92 Å². The van der Waals surface area contributed by atoms with Crippen molar-refractivity contribution < 1.29 is 4.74 Å². The fourth-order valence-electron chi connectivity index (χ4n) is 2.72. The molecule has 0 spiro atoms. The first-order chi connectivity index (χ1) is 12.2. The molecule has 0 aliphatic carbocycles. The molecule has 0 aliphatic rings. The van der Waals surface area contributed by atoms with Crippen molar-refractivity contribution >= 4 is 28.3 Å². The Morgan fingerprint density at radius 2 is 2.12 bits per heavy atom. The largest absolute Gasteiger partial charge is 0.497 e. The van der Waals surface area contributed by atoms with Gasteiger partial charge in [0, 0.05) is 23.6 Å². The Morgan fingerprint density at radius 1 is 1.28 bits per heavy atom. The van der Waals surface area contributed by atoms with Gasteiger partial charge in [0.2, 0.25) is 0 Å². The first kappa shape index (κ1) is 17.1. The zero-order valence-electron chi connectivity index (χ0n) is 14.1. The molecule has 25 heavy (non-hydrogen) atoms. The summed E-state index contributed by atoms with van der Waals surface area (Å²) in [6.07, 6.45) is 0.961. The number of methoxy groups -OCH3 is 1. The molecular formula is C18H17N5OS. The maximum Gasteiger partial charge on any atom is 0.196 e. The van der Waals surface area contributed by atoms with Crippen molar-refractivity contribution in [1.82, 2.24) is 14.6 Å². The first-order valence-corrected chi connectivity index (χ1v) is 8.88. The summed E-state index contributed by atoms with van der Waals surface area (Å²) in [6, 6.07) is 12.3. The van der Waals surface area contributed by atoms with Crippen LogP contribution in [0.25, 0.3) is 16.6 Å². The van der Waals surface area contributed by atoms with E-state index in [9.17, 15) is 5.26 Å². The molecule has 0 saturated heterocycles. The zero-order chi connectivity index (χ0) is 17.8. The second kappa shape index (κ2) is 7.42. The molecule has 3 aromatic rings. The summed E-state index contributed by atoms with van der Waals surface area (Å²) < 4.78 is 7.35. The summed E-state index contributed by atoms with van der Waals surface area (Å²) in [5.74, 6) is 1.18. The van der Waals surface area contributed by atoms with E-state index in [2.05, 4.69) is 22.3 Å². The summed E-state index contributed by atoms with van der Waals surface area (Å²) in [4.78, 5) is 0. The highest BCUT2D eigenvalue weighted by molar-refractivity contribution is 7.99. The standard InChI is InChI=1S/C18H17N5OS/c1-12-8-17-21-22-18(25-11-13(10-20)4-3-7-19)23(17)16-9-14(24-2)5-6-15(12)16/h5-6,8-9,13H,3-4,11H2,1-2H3/t13-/m0/s1. The van der Waals surface area contributed by atoms with Crippen molar-refractivity contribution in [3.63, 3.8) is 0 Å². The Hall–Kier alpha value is -2.77. The number of ether oxygens (including phenoxy) is 1. The van der Waals surface area contributed by atoms with Crippen LogP contribution in [0.15, 0.2) is 29.4 Å². The second-order valence-corrected chi connectivity index (χ2v) is 6.71. The molecule has 126 valence electrons. The van der Waals surface area contributed by atoms with E-state index in [0.717, 1.165) is 33.0 Å². The fourth-order valence-corrected chi connectivity index (χ4v) is 3.73. The van der Waals surface area contributed by atoms with Gasteiger partial charge in [-0.2, -0.15) is 10.5 Å². The van der Waals surface area contributed by atoms with Crippen molar-refractivity contribution in [3.05, 3.63) is 29.8 Å². The number of nitriles is 2. The van der Waals surface area contributed by atoms with E-state index >= 15 is 0 Å². The molecule has 0 saturated carbocycles. The maximum atomic E-state index is 9.24. The third-order valence-electron chi connectivity index (χ3n) is 4.08. The summed E-state index contributed by atoms with van der Waals surface area (Å²) >= 11 is 1.49. The maximum absolute atomic E-state index is 9.24. The monoisotopic (exact) mass is 351 g/mol. The molecule has 1 atom stereocenters. The van der Waals surface area contributed by atoms with Crippen molar-refractivity contribution in [3.8, 4) is 17.9 Å². The van der Waals surface area contributed by atoms with Crippen LogP contribution in [-0.2, 0) is 0 Å². The van der Waals surface area contributed by atoms with Crippen LogP contribution >= 0.6 is 11.8 Å². The minimum atomic E-state index is -0.178. The number of nitrogens with zero attached hydrogens (tertiary/aromatic N) is 5. The van der Waals surface area contributed by atoms with E-state index in [1.807, 2.05) is 35.6 Å². The summed E-state index contributed by atoms with van der Waals surface area (Å²) in [5, 5.41) is 28.3. The van der Waals surface area contributed by atoms with E-state index < -0.39 is 0 Å². The second-order valence-electron chi connectivity index (χ2n) is 5.72. The normalized spacial score (nSPS) is 12.0. The molecule has 1 aromatic carbocycles. The van der Waals surface area contributed by atoms with E-state index in [4.69, 9.17) is 10.00 Å². The quantitative estimate of drug-likeness (QED) is 0.629. The Morgan fingerprint density at radius 3 is 2.84 bits per heavy atom. The van der Waals surface area contributed by atoms with E-state index in [0.29, 0.717) is 18.6 Å². The molecule has 3 rings (SSSR count). The topological polar surface area (TPSA) is 87.0 Å². The Kier molecular flexibility index (Phi) is 5.06. The van der Waals surface area contributed by atoms with Crippen LogP contribution in [0, 0.1) is 35.5 Å². The molecule has 0 unspecified atom stereocenters.